The van der Waals surface area contributed by atoms with Crippen LogP contribution >= 0.6 is 0 Å². The van der Waals surface area contributed by atoms with Crippen LogP contribution in [0.5, 0.6) is 0 Å². The second-order valence-electron chi connectivity index (χ2n) is 5.77. The van der Waals surface area contributed by atoms with Crippen molar-refractivity contribution in [2.75, 3.05) is 19.0 Å². The van der Waals surface area contributed by atoms with Crippen molar-refractivity contribution in [2.45, 2.75) is 39.8 Å². The van der Waals surface area contributed by atoms with E-state index in [2.05, 4.69) is 49.2 Å². The largest absolute Gasteiger partial charge is 0.383 e. The van der Waals surface area contributed by atoms with Crippen molar-refractivity contribution in [3.8, 4) is 0 Å². The Hall–Kier alpha value is -1.62. The average molecular weight is 276 g/mol. The first-order valence-corrected chi connectivity index (χ1v) is 7.11. The summed E-state index contributed by atoms with van der Waals surface area (Å²) in [7, 11) is 1.73. The molecule has 1 unspecified atom stereocenters. The molecule has 1 atom stereocenters. The monoisotopic (exact) mass is 276 g/mol. The van der Waals surface area contributed by atoms with Crippen LogP contribution in [-0.4, -0.2) is 34.5 Å². The number of ether oxygens (including phenoxy) is 1. The van der Waals surface area contributed by atoms with E-state index in [9.17, 15) is 0 Å². The van der Waals surface area contributed by atoms with Crippen molar-refractivity contribution in [1.29, 1.82) is 0 Å². The Morgan fingerprint density at radius 2 is 2.00 bits per heavy atom. The van der Waals surface area contributed by atoms with Gasteiger partial charge in [0.1, 0.15) is 0 Å². The maximum Gasteiger partial charge on any atom is 0.158 e. The second-order valence-corrected chi connectivity index (χ2v) is 5.77. The van der Waals surface area contributed by atoms with Crippen molar-refractivity contribution >= 4 is 16.7 Å². The van der Waals surface area contributed by atoms with Gasteiger partial charge in [0.25, 0.3) is 0 Å². The molecule has 0 aliphatic rings. The Morgan fingerprint density at radius 3 is 2.60 bits per heavy atom. The number of nitrogens with one attached hydrogen (secondary N) is 1. The van der Waals surface area contributed by atoms with Crippen LogP contribution in [-0.2, 0) is 4.74 Å². The van der Waals surface area contributed by atoms with E-state index in [1.165, 1.54) is 0 Å². The van der Waals surface area contributed by atoms with Crippen LogP contribution in [0.3, 0.4) is 0 Å². The minimum absolute atomic E-state index is 0.277. The third-order valence-corrected chi connectivity index (χ3v) is 3.43. The zero-order chi connectivity index (χ0) is 14.7. The van der Waals surface area contributed by atoms with Crippen LogP contribution in [0.15, 0.2) is 18.5 Å². The number of anilines is 1. The molecule has 5 heteroatoms. The maximum absolute atomic E-state index is 5.26. The van der Waals surface area contributed by atoms with Gasteiger partial charge < -0.3 is 10.1 Å². The van der Waals surface area contributed by atoms with Gasteiger partial charge in [0.15, 0.2) is 5.65 Å². The summed E-state index contributed by atoms with van der Waals surface area (Å²) in [6, 6.07) is 2.69. The van der Waals surface area contributed by atoms with Crippen molar-refractivity contribution in [1.82, 2.24) is 14.8 Å². The molecular weight excluding hydrogens is 252 g/mol. The fraction of sp³-hybridized carbons (Fsp3) is 0.600. The first-order valence-electron chi connectivity index (χ1n) is 7.11. The summed E-state index contributed by atoms with van der Waals surface area (Å²) >= 11 is 0. The van der Waals surface area contributed by atoms with Crippen LogP contribution < -0.4 is 5.32 Å². The number of nitrogens with zero attached hydrogens (tertiary/aromatic N) is 3. The van der Waals surface area contributed by atoms with Gasteiger partial charge in [-0.2, -0.15) is 5.10 Å². The van der Waals surface area contributed by atoms with Crippen molar-refractivity contribution in [3.05, 3.63) is 18.5 Å². The minimum atomic E-state index is 0.277. The number of aromatic nitrogens is 3. The fourth-order valence-electron chi connectivity index (χ4n) is 2.19. The summed E-state index contributed by atoms with van der Waals surface area (Å²) in [6.07, 6.45) is 3.74. The number of pyridine rings is 1. The van der Waals surface area contributed by atoms with Crippen molar-refractivity contribution in [3.63, 3.8) is 0 Å². The molecule has 0 aromatic carbocycles. The Balaban J connectivity index is 2.23. The molecule has 2 aromatic rings. The second kappa shape index (κ2) is 6.22. The van der Waals surface area contributed by atoms with Crippen LogP contribution in [0.4, 0.5) is 5.69 Å². The minimum Gasteiger partial charge on any atom is -0.383 e. The summed E-state index contributed by atoms with van der Waals surface area (Å²) in [5, 5.41) is 8.93. The van der Waals surface area contributed by atoms with Gasteiger partial charge in [-0.1, -0.05) is 13.8 Å². The molecule has 5 nitrogen and oxygen atoms in total. The summed E-state index contributed by atoms with van der Waals surface area (Å²) in [5.41, 5.74) is 1.94. The predicted octanol–water partition coefficient (Wildman–Crippen LogP) is 3.10. The molecular formula is C15H24N4O. The number of hydrogen-bond acceptors (Lipinski definition) is 4. The molecule has 0 aliphatic heterocycles. The van der Waals surface area contributed by atoms with Gasteiger partial charge in [-0.15, -0.1) is 0 Å². The number of hydrogen-bond donors (Lipinski definition) is 1. The molecule has 0 saturated carbocycles. The molecule has 1 N–H and O–H groups in total. The molecule has 0 saturated heterocycles. The lowest BCUT2D eigenvalue weighted by molar-refractivity contribution is 0.171. The third-order valence-electron chi connectivity index (χ3n) is 3.43. The highest BCUT2D eigenvalue weighted by molar-refractivity contribution is 5.78. The molecule has 0 amide bonds. The third kappa shape index (κ3) is 3.10. The topological polar surface area (TPSA) is 52.0 Å². The van der Waals surface area contributed by atoms with Gasteiger partial charge in [-0.25, -0.2) is 9.67 Å². The highest BCUT2D eigenvalue weighted by Crippen LogP contribution is 2.20. The van der Waals surface area contributed by atoms with Crippen molar-refractivity contribution < 1.29 is 4.74 Å². The van der Waals surface area contributed by atoms with E-state index < -0.39 is 0 Å². The van der Waals surface area contributed by atoms with E-state index in [1.54, 1.807) is 7.11 Å². The van der Waals surface area contributed by atoms with Crippen LogP contribution in [0, 0.1) is 5.92 Å². The quantitative estimate of drug-likeness (QED) is 0.881. The normalized spacial score (nSPS) is 13.3. The van der Waals surface area contributed by atoms with Gasteiger partial charge in [-0.05, 0) is 25.8 Å². The van der Waals surface area contributed by atoms with Gasteiger partial charge in [0, 0.05) is 18.5 Å². The standard InChI is InChI=1S/C15H24N4O/c1-10(2)14(9-20-5)18-13-6-12-7-17-19(11(3)4)15(12)16-8-13/h6-8,10-11,14,18H,9H2,1-5H3. The smallest absolute Gasteiger partial charge is 0.158 e. The van der Waals surface area contributed by atoms with E-state index in [0.717, 1.165) is 16.7 Å². The summed E-state index contributed by atoms with van der Waals surface area (Å²) in [5.74, 6) is 0.490. The number of rotatable bonds is 6. The van der Waals surface area contributed by atoms with E-state index in [-0.39, 0.29) is 6.04 Å². The lowest BCUT2D eigenvalue weighted by atomic mass is 10.1. The zero-order valence-electron chi connectivity index (χ0n) is 12.9. The first-order chi connectivity index (χ1) is 9.52. The Morgan fingerprint density at radius 1 is 1.25 bits per heavy atom. The Kier molecular flexibility index (Phi) is 4.60. The molecule has 110 valence electrons. The molecule has 20 heavy (non-hydrogen) atoms. The molecule has 0 radical (unpaired) electrons. The molecule has 2 aromatic heterocycles. The fourth-order valence-corrected chi connectivity index (χ4v) is 2.19. The molecule has 2 rings (SSSR count). The Bertz CT molecular complexity index is 562. The van der Waals surface area contributed by atoms with Crippen LogP contribution in [0.2, 0.25) is 0 Å². The van der Waals surface area contributed by atoms with Gasteiger partial charge in [0.05, 0.1) is 30.7 Å². The molecule has 0 fully saturated rings. The summed E-state index contributed by atoms with van der Waals surface area (Å²) in [6.45, 7) is 9.25. The molecule has 0 aliphatic carbocycles. The average Bonchev–Trinajstić information content (AvgIpc) is 2.81. The van der Waals surface area contributed by atoms with Gasteiger partial charge >= 0.3 is 0 Å². The molecule has 0 bridgehead atoms. The van der Waals surface area contributed by atoms with E-state index >= 15 is 0 Å². The molecule has 0 spiro atoms. The maximum atomic E-state index is 5.26. The summed E-state index contributed by atoms with van der Waals surface area (Å²) in [4.78, 5) is 4.53. The number of fused-ring (bicyclic) bond motifs is 1. The van der Waals surface area contributed by atoms with E-state index in [4.69, 9.17) is 4.74 Å². The highest BCUT2D eigenvalue weighted by atomic mass is 16.5. The first kappa shape index (κ1) is 14.8. The van der Waals surface area contributed by atoms with Gasteiger partial charge in [-0.3, -0.25) is 0 Å². The SMILES string of the molecule is COCC(Nc1cnc2c(cnn2C(C)C)c1)C(C)C. The van der Waals surface area contributed by atoms with Crippen LogP contribution in [0.1, 0.15) is 33.7 Å². The summed E-state index contributed by atoms with van der Waals surface area (Å²) < 4.78 is 7.20. The molecule has 2 heterocycles. The lowest BCUT2D eigenvalue weighted by Gasteiger charge is -2.22. The predicted molar refractivity (Wildman–Crippen MR) is 82.0 cm³/mol. The van der Waals surface area contributed by atoms with E-state index in [1.807, 2.05) is 17.1 Å². The van der Waals surface area contributed by atoms with Gasteiger partial charge in [0.2, 0.25) is 0 Å². The number of methoxy groups -OCH3 is 1. The van der Waals surface area contributed by atoms with Crippen molar-refractivity contribution in [2.24, 2.45) is 5.92 Å². The van der Waals surface area contributed by atoms with E-state index in [0.29, 0.717) is 18.6 Å². The van der Waals surface area contributed by atoms with Crippen LogP contribution in [0.25, 0.3) is 11.0 Å². The zero-order valence-corrected chi connectivity index (χ0v) is 12.9. The Labute approximate surface area is 120 Å². The highest BCUT2D eigenvalue weighted by Gasteiger charge is 2.14. The lowest BCUT2D eigenvalue weighted by Crippen LogP contribution is -2.30.